The maximum Gasteiger partial charge on any atom is 0.228 e. The number of rotatable bonds is 1. The molecule has 0 saturated carbocycles. The van der Waals surface area contributed by atoms with Gasteiger partial charge in [-0.25, -0.2) is 4.98 Å². The van der Waals surface area contributed by atoms with E-state index in [0.29, 0.717) is 5.88 Å². The van der Waals surface area contributed by atoms with Gasteiger partial charge in [0.2, 0.25) is 5.88 Å². The van der Waals surface area contributed by atoms with Crippen molar-refractivity contribution in [2.45, 2.75) is 26.4 Å². The molecule has 0 saturated heterocycles. The number of hydrogen-bond acceptors (Lipinski definition) is 2. The largest absolute Gasteiger partial charge is 0.471 e. The van der Waals surface area contributed by atoms with Crippen molar-refractivity contribution in [1.82, 2.24) is 4.98 Å². The van der Waals surface area contributed by atoms with E-state index in [0.717, 1.165) is 4.47 Å². The van der Waals surface area contributed by atoms with Crippen molar-refractivity contribution < 1.29 is 4.74 Å². The van der Waals surface area contributed by atoms with Crippen LogP contribution in [-0.2, 0) is 0 Å². The highest BCUT2D eigenvalue weighted by atomic mass is 79.9. The van der Waals surface area contributed by atoms with E-state index < -0.39 is 0 Å². The third-order valence-corrected chi connectivity index (χ3v) is 1.73. The van der Waals surface area contributed by atoms with Gasteiger partial charge in [-0.05, 0) is 48.8 Å². The maximum absolute atomic E-state index is 5.57. The minimum absolute atomic E-state index is 0.198. The first-order valence-electron chi connectivity index (χ1n) is 3.78. The van der Waals surface area contributed by atoms with Crippen molar-refractivity contribution in [2.75, 3.05) is 0 Å². The molecular weight excluding hydrogens is 218 g/mol. The number of ether oxygens (including phenoxy) is 1. The van der Waals surface area contributed by atoms with Gasteiger partial charge in [0.25, 0.3) is 0 Å². The van der Waals surface area contributed by atoms with Crippen molar-refractivity contribution in [3.8, 4) is 5.88 Å². The van der Waals surface area contributed by atoms with Crippen molar-refractivity contribution in [1.29, 1.82) is 0 Å². The molecular formula is C9H12BrNO. The molecule has 1 rings (SSSR count). The first kappa shape index (κ1) is 9.52. The Bertz CT molecular complexity index is 267. The molecule has 0 spiro atoms. The molecule has 3 heteroatoms. The van der Waals surface area contributed by atoms with E-state index in [4.69, 9.17) is 4.74 Å². The van der Waals surface area contributed by atoms with Gasteiger partial charge in [-0.2, -0.15) is 0 Å². The molecule has 0 aliphatic heterocycles. The van der Waals surface area contributed by atoms with Gasteiger partial charge in [0, 0.05) is 6.20 Å². The van der Waals surface area contributed by atoms with Crippen molar-refractivity contribution >= 4 is 15.9 Å². The highest BCUT2D eigenvalue weighted by Gasteiger charge is 2.13. The first-order valence-corrected chi connectivity index (χ1v) is 4.58. The minimum Gasteiger partial charge on any atom is -0.471 e. The Morgan fingerprint density at radius 3 is 2.58 bits per heavy atom. The normalized spacial score (nSPS) is 11.3. The van der Waals surface area contributed by atoms with Crippen LogP contribution < -0.4 is 4.74 Å². The lowest BCUT2D eigenvalue weighted by atomic mass is 10.2. The Morgan fingerprint density at radius 1 is 1.42 bits per heavy atom. The van der Waals surface area contributed by atoms with E-state index in [1.54, 1.807) is 6.20 Å². The molecule has 66 valence electrons. The van der Waals surface area contributed by atoms with Crippen LogP contribution >= 0.6 is 15.9 Å². The molecule has 0 N–H and O–H groups in total. The summed E-state index contributed by atoms with van der Waals surface area (Å²) in [5, 5.41) is 0. The smallest absolute Gasteiger partial charge is 0.228 e. The summed E-state index contributed by atoms with van der Waals surface area (Å²) in [7, 11) is 0. The SMILES string of the molecule is CC(C)(C)Oc1ncccc1Br. The van der Waals surface area contributed by atoms with Crippen LogP contribution in [0.15, 0.2) is 22.8 Å². The minimum atomic E-state index is -0.198. The van der Waals surface area contributed by atoms with Crippen LogP contribution in [0.5, 0.6) is 5.88 Å². The molecule has 2 nitrogen and oxygen atoms in total. The summed E-state index contributed by atoms with van der Waals surface area (Å²) in [6.07, 6.45) is 1.71. The summed E-state index contributed by atoms with van der Waals surface area (Å²) < 4.78 is 6.46. The Morgan fingerprint density at radius 2 is 2.08 bits per heavy atom. The Labute approximate surface area is 81.1 Å². The second kappa shape index (κ2) is 3.44. The molecule has 0 unspecified atom stereocenters. The van der Waals surface area contributed by atoms with Gasteiger partial charge in [-0.3, -0.25) is 0 Å². The molecule has 1 heterocycles. The summed E-state index contributed by atoms with van der Waals surface area (Å²) in [4.78, 5) is 4.09. The molecule has 0 aliphatic rings. The maximum atomic E-state index is 5.57. The summed E-state index contributed by atoms with van der Waals surface area (Å²) in [5.41, 5.74) is -0.198. The van der Waals surface area contributed by atoms with Gasteiger partial charge in [-0.1, -0.05) is 0 Å². The summed E-state index contributed by atoms with van der Waals surface area (Å²) >= 11 is 3.36. The highest BCUT2D eigenvalue weighted by molar-refractivity contribution is 9.10. The Hall–Kier alpha value is -0.570. The monoisotopic (exact) mass is 229 g/mol. The molecule has 0 aromatic carbocycles. The molecule has 0 bridgehead atoms. The van der Waals surface area contributed by atoms with Gasteiger partial charge in [-0.15, -0.1) is 0 Å². The van der Waals surface area contributed by atoms with Gasteiger partial charge in [0.15, 0.2) is 0 Å². The molecule has 0 atom stereocenters. The number of hydrogen-bond donors (Lipinski definition) is 0. The van der Waals surface area contributed by atoms with E-state index in [2.05, 4.69) is 20.9 Å². The van der Waals surface area contributed by atoms with Crippen LogP contribution in [0.2, 0.25) is 0 Å². The van der Waals surface area contributed by atoms with E-state index in [9.17, 15) is 0 Å². The zero-order chi connectivity index (χ0) is 9.19. The molecule has 0 radical (unpaired) electrons. The van der Waals surface area contributed by atoms with Gasteiger partial charge in [0.1, 0.15) is 5.60 Å². The summed E-state index contributed by atoms with van der Waals surface area (Å²) in [6.45, 7) is 5.98. The Balaban J connectivity index is 2.83. The van der Waals surface area contributed by atoms with Crippen molar-refractivity contribution in [3.63, 3.8) is 0 Å². The lowest BCUT2D eigenvalue weighted by Gasteiger charge is -2.20. The van der Waals surface area contributed by atoms with Crippen LogP contribution in [0.4, 0.5) is 0 Å². The lowest BCUT2D eigenvalue weighted by molar-refractivity contribution is 0.123. The fourth-order valence-electron chi connectivity index (χ4n) is 0.736. The molecule has 1 aromatic heterocycles. The summed E-state index contributed by atoms with van der Waals surface area (Å²) in [6, 6.07) is 3.77. The average Bonchev–Trinajstić information content (AvgIpc) is 1.91. The Kier molecular flexibility index (Phi) is 2.73. The zero-order valence-electron chi connectivity index (χ0n) is 7.47. The van der Waals surface area contributed by atoms with Crippen LogP contribution in [0.25, 0.3) is 0 Å². The van der Waals surface area contributed by atoms with Crippen molar-refractivity contribution in [2.24, 2.45) is 0 Å². The number of halogens is 1. The second-order valence-corrected chi connectivity index (χ2v) is 4.36. The van der Waals surface area contributed by atoms with Crippen LogP contribution in [0, 0.1) is 0 Å². The van der Waals surface area contributed by atoms with E-state index in [1.165, 1.54) is 0 Å². The van der Waals surface area contributed by atoms with E-state index >= 15 is 0 Å². The van der Waals surface area contributed by atoms with Gasteiger partial charge in [0.05, 0.1) is 4.47 Å². The molecule has 0 amide bonds. The predicted octanol–water partition coefficient (Wildman–Crippen LogP) is 3.02. The third kappa shape index (κ3) is 2.81. The number of nitrogens with zero attached hydrogens (tertiary/aromatic N) is 1. The number of aromatic nitrogens is 1. The zero-order valence-corrected chi connectivity index (χ0v) is 9.05. The second-order valence-electron chi connectivity index (χ2n) is 3.50. The van der Waals surface area contributed by atoms with Crippen LogP contribution in [0.3, 0.4) is 0 Å². The van der Waals surface area contributed by atoms with E-state index in [-0.39, 0.29) is 5.60 Å². The summed E-state index contributed by atoms with van der Waals surface area (Å²) in [5.74, 6) is 0.644. The van der Waals surface area contributed by atoms with Crippen molar-refractivity contribution in [3.05, 3.63) is 22.8 Å². The average molecular weight is 230 g/mol. The molecule has 0 fully saturated rings. The third-order valence-electron chi connectivity index (χ3n) is 1.13. The predicted molar refractivity (Wildman–Crippen MR) is 52.3 cm³/mol. The lowest BCUT2D eigenvalue weighted by Crippen LogP contribution is -2.23. The van der Waals surface area contributed by atoms with Crippen LogP contribution in [-0.4, -0.2) is 10.6 Å². The fraction of sp³-hybridized carbons (Fsp3) is 0.444. The topological polar surface area (TPSA) is 22.1 Å². The standard InChI is InChI=1S/C9H12BrNO/c1-9(2,3)12-8-7(10)5-4-6-11-8/h4-6H,1-3H3. The fourth-order valence-corrected chi connectivity index (χ4v) is 1.07. The molecule has 1 aromatic rings. The molecule has 12 heavy (non-hydrogen) atoms. The van der Waals surface area contributed by atoms with Gasteiger partial charge >= 0.3 is 0 Å². The number of pyridine rings is 1. The first-order chi connectivity index (χ1) is 5.49. The van der Waals surface area contributed by atoms with Crippen LogP contribution in [0.1, 0.15) is 20.8 Å². The quantitative estimate of drug-likeness (QED) is 0.739. The highest BCUT2D eigenvalue weighted by Crippen LogP contribution is 2.24. The van der Waals surface area contributed by atoms with E-state index in [1.807, 2.05) is 32.9 Å². The van der Waals surface area contributed by atoms with Gasteiger partial charge < -0.3 is 4.74 Å². The molecule has 0 aliphatic carbocycles.